The zero-order valence-electron chi connectivity index (χ0n) is 13.4. The number of hydrogen-bond donors (Lipinski definition) is 1. The number of fused-ring (bicyclic) bond motifs is 1. The summed E-state index contributed by atoms with van der Waals surface area (Å²) in [6.45, 7) is 2.89. The predicted octanol–water partition coefficient (Wildman–Crippen LogP) is 3.21. The number of aromatic amines is 1. The average Bonchev–Trinajstić information content (AvgIpc) is 2.91. The van der Waals surface area contributed by atoms with Crippen molar-refractivity contribution in [3.05, 3.63) is 71.4 Å². The highest BCUT2D eigenvalue weighted by Crippen LogP contribution is 2.27. The van der Waals surface area contributed by atoms with Crippen molar-refractivity contribution in [3.8, 4) is 11.3 Å². The summed E-state index contributed by atoms with van der Waals surface area (Å²) in [5.41, 5.74) is 5.61. The first-order valence-electron chi connectivity index (χ1n) is 8.23. The third-order valence-electron chi connectivity index (χ3n) is 4.56. The third-order valence-corrected chi connectivity index (χ3v) is 4.56. The van der Waals surface area contributed by atoms with Gasteiger partial charge in [0.25, 0.3) is 0 Å². The van der Waals surface area contributed by atoms with Crippen molar-refractivity contribution in [2.75, 3.05) is 13.1 Å². The van der Waals surface area contributed by atoms with Crippen LogP contribution in [0.5, 0.6) is 0 Å². The minimum absolute atomic E-state index is 0.219. The summed E-state index contributed by atoms with van der Waals surface area (Å²) in [6.07, 6.45) is 5.62. The highest BCUT2D eigenvalue weighted by Gasteiger charge is 2.20. The Bertz CT molecular complexity index is 811. The van der Waals surface area contributed by atoms with Crippen molar-refractivity contribution in [1.82, 2.24) is 20.1 Å². The second-order valence-electron chi connectivity index (χ2n) is 6.17. The molecule has 0 radical (unpaired) electrons. The first-order valence-corrected chi connectivity index (χ1v) is 8.23. The van der Waals surface area contributed by atoms with E-state index in [1.54, 1.807) is 18.3 Å². The Hall–Kier alpha value is -2.53. The van der Waals surface area contributed by atoms with Crippen LogP contribution in [0.1, 0.15) is 16.8 Å². The number of pyridine rings is 1. The number of nitrogens with one attached hydrogen (secondary N) is 1. The number of rotatable bonds is 3. The first kappa shape index (κ1) is 15.0. The number of hydrogen-bond acceptors (Lipinski definition) is 3. The third kappa shape index (κ3) is 3.08. The highest BCUT2D eigenvalue weighted by molar-refractivity contribution is 5.64. The molecule has 0 amide bonds. The fourth-order valence-electron chi connectivity index (χ4n) is 3.28. The van der Waals surface area contributed by atoms with Gasteiger partial charge in [-0.25, -0.2) is 4.39 Å². The molecule has 0 atom stereocenters. The Labute approximate surface area is 140 Å². The van der Waals surface area contributed by atoms with Gasteiger partial charge in [0.15, 0.2) is 0 Å². The Morgan fingerprint density at radius 1 is 1.08 bits per heavy atom. The van der Waals surface area contributed by atoms with Crippen molar-refractivity contribution >= 4 is 0 Å². The molecule has 2 aromatic heterocycles. The Balaban J connectivity index is 1.52. The van der Waals surface area contributed by atoms with Crippen LogP contribution >= 0.6 is 0 Å². The van der Waals surface area contributed by atoms with E-state index in [0.29, 0.717) is 0 Å². The first-order chi connectivity index (χ1) is 11.8. The number of H-pyrrole nitrogens is 1. The summed E-state index contributed by atoms with van der Waals surface area (Å²) in [4.78, 5) is 6.63. The highest BCUT2D eigenvalue weighted by atomic mass is 19.1. The molecule has 24 heavy (non-hydrogen) atoms. The lowest BCUT2D eigenvalue weighted by Gasteiger charge is -2.19. The molecule has 1 N–H and O–H groups in total. The topological polar surface area (TPSA) is 44.8 Å². The van der Waals surface area contributed by atoms with Crippen molar-refractivity contribution in [2.24, 2.45) is 0 Å². The van der Waals surface area contributed by atoms with Gasteiger partial charge >= 0.3 is 0 Å². The van der Waals surface area contributed by atoms with Crippen LogP contribution in [0.2, 0.25) is 0 Å². The van der Waals surface area contributed by atoms with Crippen LogP contribution < -0.4 is 0 Å². The SMILES string of the molecule is Fc1ccc(-c2n[nH]c3c2CCN(Cc2cccnc2)CC3)cc1. The van der Waals surface area contributed by atoms with Gasteiger partial charge in [0.2, 0.25) is 0 Å². The van der Waals surface area contributed by atoms with Crippen LogP contribution in [-0.2, 0) is 19.4 Å². The molecule has 4 rings (SSSR count). The maximum Gasteiger partial charge on any atom is 0.123 e. The maximum atomic E-state index is 13.2. The average molecular weight is 322 g/mol. The Morgan fingerprint density at radius 3 is 2.71 bits per heavy atom. The lowest BCUT2D eigenvalue weighted by Crippen LogP contribution is -2.26. The van der Waals surface area contributed by atoms with Crippen molar-refractivity contribution < 1.29 is 4.39 Å². The van der Waals surface area contributed by atoms with Crippen LogP contribution in [0, 0.1) is 5.82 Å². The van der Waals surface area contributed by atoms with Gasteiger partial charge in [-0.2, -0.15) is 5.10 Å². The molecule has 1 aromatic carbocycles. The van der Waals surface area contributed by atoms with E-state index >= 15 is 0 Å². The molecule has 3 heterocycles. The fraction of sp³-hybridized carbons (Fsp3) is 0.263. The lowest BCUT2D eigenvalue weighted by atomic mass is 10.0. The largest absolute Gasteiger partial charge is 0.298 e. The Morgan fingerprint density at radius 2 is 1.92 bits per heavy atom. The van der Waals surface area contributed by atoms with E-state index in [2.05, 4.69) is 26.1 Å². The van der Waals surface area contributed by atoms with Crippen LogP contribution in [-0.4, -0.2) is 33.2 Å². The molecule has 0 unspecified atom stereocenters. The molecule has 4 nitrogen and oxygen atoms in total. The van der Waals surface area contributed by atoms with Gasteiger partial charge in [0.1, 0.15) is 5.82 Å². The number of nitrogens with zero attached hydrogens (tertiary/aromatic N) is 3. The summed E-state index contributed by atoms with van der Waals surface area (Å²) in [6, 6.07) is 10.7. The molecule has 0 bridgehead atoms. The molecule has 1 aliphatic rings. The molecule has 0 spiro atoms. The van der Waals surface area contributed by atoms with E-state index < -0.39 is 0 Å². The summed E-state index contributed by atoms with van der Waals surface area (Å²) in [7, 11) is 0. The predicted molar refractivity (Wildman–Crippen MR) is 90.9 cm³/mol. The van der Waals surface area contributed by atoms with E-state index in [9.17, 15) is 4.39 Å². The zero-order valence-corrected chi connectivity index (χ0v) is 13.4. The van der Waals surface area contributed by atoms with E-state index in [0.717, 1.165) is 43.7 Å². The number of halogens is 1. The van der Waals surface area contributed by atoms with Crippen LogP contribution in [0.4, 0.5) is 4.39 Å². The second-order valence-corrected chi connectivity index (χ2v) is 6.17. The number of aromatic nitrogens is 3. The molecule has 0 fully saturated rings. The van der Waals surface area contributed by atoms with Gasteiger partial charge in [-0.05, 0) is 42.3 Å². The van der Waals surface area contributed by atoms with Crippen LogP contribution in [0.15, 0.2) is 48.8 Å². The zero-order chi connectivity index (χ0) is 16.4. The monoisotopic (exact) mass is 322 g/mol. The van der Waals surface area contributed by atoms with E-state index in [4.69, 9.17) is 0 Å². The van der Waals surface area contributed by atoms with Gasteiger partial charge in [0.05, 0.1) is 5.69 Å². The van der Waals surface area contributed by atoms with E-state index in [-0.39, 0.29) is 5.82 Å². The molecule has 0 saturated heterocycles. The van der Waals surface area contributed by atoms with Crippen molar-refractivity contribution in [2.45, 2.75) is 19.4 Å². The lowest BCUT2D eigenvalue weighted by molar-refractivity contribution is 0.278. The van der Waals surface area contributed by atoms with Crippen LogP contribution in [0.25, 0.3) is 11.3 Å². The van der Waals surface area contributed by atoms with E-state index in [1.165, 1.54) is 29.0 Å². The van der Waals surface area contributed by atoms with Crippen molar-refractivity contribution in [1.29, 1.82) is 0 Å². The number of benzene rings is 1. The van der Waals surface area contributed by atoms with Gasteiger partial charge in [0, 0.05) is 55.3 Å². The summed E-state index contributed by atoms with van der Waals surface area (Å²) in [5.74, 6) is -0.219. The molecule has 0 aliphatic carbocycles. The van der Waals surface area contributed by atoms with E-state index in [1.807, 2.05) is 12.3 Å². The normalized spacial score (nSPS) is 15.0. The van der Waals surface area contributed by atoms with Crippen molar-refractivity contribution in [3.63, 3.8) is 0 Å². The quantitative estimate of drug-likeness (QED) is 0.805. The summed E-state index contributed by atoms with van der Waals surface area (Å²) < 4.78 is 13.2. The molecular weight excluding hydrogens is 303 g/mol. The van der Waals surface area contributed by atoms with Gasteiger partial charge < -0.3 is 0 Å². The second kappa shape index (κ2) is 6.53. The fourth-order valence-corrected chi connectivity index (χ4v) is 3.28. The molecule has 122 valence electrons. The molecule has 1 aliphatic heterocycles. The van der Waals surface area contributed by atoms with Gasteiger partial charge in [-0.1, -0.05) is 6.07 Å². The smallest absolute Gasteiger partial charge is 0.123 e. The molecule has 0 saturated carbocycles. The molecule has 3 aromatic rings. The Kier molecular flexibility index (Phi) is 4.09. The standard InChI is InChI=1S/C19H19FN4/c20-16-5-3-15(4-6-16)19-17-7-10-24(11-8-18(17)22-23-19)13-14-2-1-9-21-12-14/h1-6,9,12H,7-8,10-11,13H2,(H,22,23). The summed E-state index contributed by atoms with van der Waals surface area (Å²) >= 11 is 0. The molecule has 5 heteroatoms. The minimum atomic E-state index is -0.219. The summed E-state index contributed by atoms with van der Waals surface area (Å²) in [5, 5.41) is 7.65. The minimum Gasteiger partial charge on any atom is -0.298 e. The molecular formula is C19H19FN4. The van der Waals surface area contributed by atoms with Gasteiger partial charge in [-0.3, -0.25) is 15.0 Å². The van der Waals surface area contributed by atoms with Crippen LogP contribution in [0.3, 0.4) is 0 Å². The maximum absolute atomic E-state index is 13.2. The van der Waals surface area contributed by atoms with Gasteiger partial charge in [-0.15, -0.1) is 0 Å².